The number of nitrogens with zero attached hydrogens (tertiary/aromatic N) is 2. The number of hydrogen-bond acceptors (Lipinski definition) is 29. The Hall–Kier alpha value is -12.1. The van der Waals surface area contributed by atoms with Crippen molar-refractivity contribution >= 4 is 106 Å². The van der Waals surface area contributed by atoms with Gasteiger partial charge < -0.3 is 128 Å². The minimum absolute atomic E-state index is 0.0398. The molecule has 14 rings (SSSR count). The maximum atomic E-state index is 16.3. The van der Waals surface area contributed by atoms with Gasteiger partial charge in [-0.2, -0.15) is 4.98 Å². The number of phenolic OH excluding ortho intramolecular Hbond substituents is 3. The van der Waals surface area contributed by atoms with Crippen LogP contribution in [0.1, 0.15) is 118 Å². The molecule has 670 valence electrons. The van der Waals surface area contributed by atoms with Crippen LogP contribution in [-0.2, 0) is 68.7 Å². The summed E-state index contributed by atoms with van der Waals surface area (Å²) in [6.07, 6.45) is -15.5. The summed E-state index contributed by atoms with van der Waals surface area (Å²) in [5.41, 5.74) is 5.55. The summed E-state index contributed by atoms with van der Waals surface area (Å²) < 4.78 is 40.6. The number of primary amides is 1. The van der Waals surface area contributed by atoms with Crippen LogP contribution >= 0.6 is 34.8 Å². The maximum absolute atomic E-state index is 16.3. The van der Waals surface area contributed by atoms with E-state index in [1.54, 1.807) is 31.2 Å². The van der Waals surface area contributed by atoms with Crippen LogP contribution in [0.15, 0.2) is 126 Å². The number of rotatable bonds is 20. The quantitative estimate of drug-likeness (QED) is 0.0379. The lowest BCUT2D eigenvalue weighted by Gasteiger charge is -2.48. The summed E-state index contributed by atoms with van der Waals surface area (Å²) >= 11 is 20.3. The number of nitrogens with one attached hydrogen (secondary N) is 11. The highest BCUT2D eigenvalue weighted by Crippen LogP contribution is 2.50. The number of anilines is 1. The first kappa shape index (κ1) is 93.0. The van der Waals surface area contributed by atoms with Crippen LogP contribution in [0.5, 0.6) is 46.0 Å². The van der Waals surface area contributed by atoms with Crippen LogP contribution in [0.3, 0.4) is 0 Å². The van der Waals surface area contributed by atoms with Gasteiger partial charge in [-0.05, 0) is 145 Å². The van der Waals surface area contributed by atoms with Crippen molar-refractivity contribution in [2.75, 3.05) is 25.5 Å². The molecule has 1 aromatic heterocycles. The third kappa shape index (κ3) is 21.3. The smallest absolute Gasteiger partial charge is 0.349 e. The third-order valence-electron chi connectivity index (χ3n) is 21.4. The number of phenols is 3. The molecule has 18 atom stereocenters. The number of nitrogens with two attached hydrogens (primary N) is 1. The first-order valence-corrected chi connectivity index (χ1v) is 40.5. The number of likely N-dealkylation sites (N-methyl/N-ethyl adjacent to an activating group) is 1. The van der Waals surface area contributed by atoms with Gasteiger partial charge in [0.1, 0.15) is 101 Å². The first-order chi connectivity index (χ1) is 59.8. The number of ether oxygens (including phenoxy) is 6. The molecule has 2 saturated heterocycles. The zero-order valence-electron chi connectivity index (χ0n) is 67.8. The summed E-state index contributed by atoms with van der Waals surface area (Å²) in [6.45, 7) is 6.58. The number of carbonyl (C=O) groups excluding carboxylic acids is 10. The molecule has 126 heavy (non-hydrogen) atoms. The number of benzene rings is 6. The number of aliphatic hydroxyl groups is 6. The second-order valence-corrected chi connectivity index (χ2v) is 32.3. The highest BCUT2D eigenvalue weighted by atomic mass is 35.5. The van der Waals surface area contributed by atoms with Crippen molar-refractivity contribution in [3.63, 3.8) is 0 Å². The van der Waals surface area contributed by atoms with Crippen LogP contribution < -0.4 is 84.3 Å². The molecule has 0 radical (unpaired) electrons. The normalized spacial score (nSPS) is 25.8. The van der Waals surface area contributed by atoms with Crippen molar-refractivity contribution in [1.82, 2.24) is 62.9 Å². The number of amides is 10. The van der Waals surface area contributed by atoms with Gasteiger partial charge >= 0.3 is 5.69 Å². The van der Waals surface area contributed by atoms with E-state index in [-0.39, 0.29) is 60.1 Å². The van der Waals surface area contributed by atoms with E-state index in [1.807, 2.05) is 13.8 Å². The largest absolute Gasteiger partial charge is 0.508 e. The molecule has 40 nitrogen and oxygen atoms in total. The number of aliphatic hydroxyl groups excluding tert-OH is 6. The Kier molecular flexibility index (Phi) is 29.2. The molecule has 8 heterocycles. The van der Waals surface area contributed by atoms with E-state index < -0.39 is 260 Å². The highest BCUT2D eigenvalue weighted by molar-refractivity contribution is 6.32. The lowest BCUT2D eigenvalue weighted by atomic mass is 9.85. The summed E-state index contributed by atoms with van der Waals surface area (Å²) in [7, 11) is 1.46. The Morgan fingerprint density at radius 1 is 0.714 bits per heavy atom. The molecule has 0 spiro atoms. The van der Waals surface area contributed by atoms with Gasteiger partial charge in [0.25, 0.3) is 5.91 Å². The van der Waals surface area contributed by atoms with Gasteiger partial charge in [-0.3, -0.25) is 63.4 Å². The van der Waals surface area contributed by atoms with E-state index in [2.05, 4.69) is 63.7 Å². The number of carbonyl (C=O) groups is 10. The average Bonchev–Trinajstić information content (AvgIpc) is 0.764. The predicted molar refractivity (Wildman–Crippen MR) is 445 cm³/mol. The zero-order valence-corrected chi connectivity index (χ0v) is 70.1. The van der Waals surface area contributed by atoms with Gasteiger partial charge in [0.2, 0.25) is 65.2 Å². The molecule has 10 amide bonds. The predicted octanol–water partition coefficient (Wildman–Crippen LogP) is 1.38. The number of hydrogen-bond donors (Lipinski definition) is 21. The molecular formula is C83H91Cl3N14O26. The van der Waals surface area contributed by atoms with Gasteiger partial charge in [0.05, 0.1) is 41.3 Å². The summed E-state index contributed by atoms with van der Waals surface area (Å²) in [5.74, 6) is -17.4. The average molecular weight is 1810 g/mol. The third-order valence-corrected chi connectivity index (χ3v) is 22.3. The Balaban J connectivity index is 0.999. The topological polar surface area (TPSA) is 601 Å². The molecule has 7 aliphatic heterocycles. The molecule has 7 aromatic rings. The number of halogens is 3. The fraction of sp³-hybridized carbons (Fsp3) is 0.373. The molecule has 0 aliphatic carbocycles. The summed E-state index contributed by atoms with van der Waals surface area (Å²) in [4.78, 5) is 162. The van der Waals surface area contributed by atoms with Crippen molar-refractivity contribution in [2.45, 2.75) is 170 Å². The summed E-state index contributed by atoms with van der Waals surface area (Å²) in [6, 6.07) is 7.16. The van der Waals surface area contributed by atoms with Crippen LogP contribution in [0.4, 0.5) is 5.82 Å². The fourth-order valence-electron chi connectivity index (χ4n) is 14.9. The van der Waals surface area contributed by atoms with E-state index in [0.29, 0.717) is 10.6 Å². The maximum Gasteiger partial charge on any atom is 0.349 e. The molecule has 6 aromatic carbocycles. The monoisotopic (exact) mass is 1800 g/mol. The van der Waals surface area contributed by atoms with Gasteiger partial charge in [-0.15, -0.1) is 0 Å². The zero-order chi connectivity index (χ0) is 91.2. The Morgan fingerprint density at radius 2 is 1.36 bits per heavy atom. The molecular weight excluding hydrogens is 1720 g/mol. The van der Waals surface area contributed by atoms with Gasteiger partial charge in [-0.1, -0.05) is 79.0 Å². The second kappa shape index (κ2) is 39.6. The van der Waals surface area contributed by atoms with Crippen molar-refractivity contribution in [3.05, 3.63) is 180 Å². The van der Waals surface area contributed by atoms with Gasteiger partial charge in [0.15, 0.2) is 23.9 Å². The van der Waals surface area contributed by atoms with Crippen molar-refractivity contribution in [1.29, 1.82) is 0 Å². The van der Waals surface area contributed by atoms with Crippen molar-refractivity contribution in [2.24, 2.45) is 11.7 Å². The van der Waals surface area contributed by atoms with Crippen LogP contribution in [0.2, 0.25) is 15.1 Å². The summed E-state index contributed by atoms with van der Waals surface area (Å²) in [5, 5.41) is 130. The molecule has 7 aliphatic rings. The van der Waals surface area contributed by atoms with Gasteiger partial charge in [0, 0.05) is 66.5 Å². The highest BCUT2D eigenvalue weighted by Gasteiger charge is 2.52. The Labute approximate surface area is 731 Å². The van der Waals surface area contributed by atoms with E-state index >= 15 is 24.0 Å². The van der Waals surface area contributed by atoms with E-state index in [1.165, 1.54) is 55.1 Å². The molecule has 11 bridgehead atoms. The van der Waals surface area contributed by atoms with Crippen LogP contribution in [0, 0.1) is 5.92 Å². The van der Waals surface area contributed by atoms with Crippen molar-refractivity contribution < 1.29 is 122 Å². The molecule has 43 heteroatoms. The molecule has 0 saturated carbocycles. The van der Waals surface area contributed by atoms with E-state index in [9.17, 15) is 74.7 Å². The molecule has 2 fully saturated rings. The SMILES string of the molecule is CN[C@H](CC(C)C)C(=O)N[C@H]1C(=O)N[C@@H](CC(N)=O)C(=O)N[C@H]2C(=O)N[C@H]3C(=O)N[C@H](C(=O)N[C@@H](C(=O)NNC(C)=O)c4cc(O)cc(O)c4-c4cc3ccc4O)[C@H](O)c3ccc(c(Cl)c3)Oc3cc2cc(c3O[C@@H]2O[C@H](CO)[C@@H](O)[C@H](O)[C@H]2O[C@H]2C[C@](C)(NCCn3ccc(NC(=O)/C=C/c4ccc(Cl)cc4)nc3=O)[C@H](O)[C@H](C)O2)Oc2ccc(cc2Cl)[C@H]1O. The van der Waals surface area contributed by atoms with E-state index in [0.717, 1.165) is 73.7 Å². The fourth-order valence-corrected chi connectivity index (χ4v) is 15.5. The Bertz CT molecular complexity index is 5460. The Morgan fingerprint density at radius 3 is 1.98 bits per heavy atom. The number of aromatic nitrogens is 2. The second-order valence-electron chi connectivity index (χ2n) is 31.0. The van der Waals surface area contributed by atoms with Crippen molar-refractivity contribution in [3.8, 4) is 57.1 Å². The van der Waals surface area contributed by atoms with Gasteiger partial charge in [-0.25, -0.2) is 4.79 Å². The van der Waals surface area contributed by atoms with E-state index in [4.69, 9.17) is 69.0 Å². The minimum atomic E-state index is -2.41. The van der Waals surface area contributed by atoms with Crippen LogP contribution in [-0.4, -0.2) is 214 Å². The lowest BCUT2D eigenvalue weighted by molar-refractivity contribution is -0.334. The van der Waals surface area contributed by atoms with Crippen LogP contribution in [0.25, 0.3) is 17.2 Å². The minimum Gasteiger partial charge on any atom is -0.508 e. The molecule has 22 N–H and O–H groups in total. The number of aromatic hydroxyl groups is 3. The first-order valence-electron chi connectivity index (χ1n) is 39.4. The standard InChI is InChI=1S/C83H91Cl3N14O26/c1-34(2)23-48(88-6)74(113)96-65-67(108)39-11-16-52(46(85)25-39)122-54-27-41-28-55(71(54)126-81-72(70(111)69(110)56(33-101)124-81)125-60-32-83(5,73(112)35(3)121-60)89-20-22-100-21-19-58(92-82(100)120)91-59(107)18-9-37-7-13-42(84)14-8-37)123-53-17-12-40(26-47(53)86)68(109)66-79(118)95-64(80(119)99-98-36(4)102)45-29-43(103)30-51(105)61(45)44-24-38(10-15-50(44)104)62(76(115)97-66)94-77(116)63(41)93-75(114)49(31-57(87)106)90-78(65)117/h7-19,21,24-30,34-35,48-49,56,60,62-70,72-73,81,88-89,101,103-105,108-112H,20,22-23,31-33H2,1-6H3,(H2,87,106)(H,90,117)(H,93,114)(H,94,116)(H,95,118)(H,96,113)(H,97,115)(H,98,102)(H,99,119)(H,91,92,107,120)/b18-9+/t35-,48+,49-,56+,60-,62+,63+,64+,65+,66-,67+,68+,69+,70-,72+,73+,81-,83-/m0/s1. The lowest BCUT2D eigenvalue weighted by Crippen LogP contribution is -2.65. The molecule has 0 unspecified atom stereocenters. The number of hydrazine groups is 1. The number of fused-ring (bicyclic) bond motifs is 15.